The quantitative estimate of drug-likeness (QED) is 0.543. The summed E-state index contributed by atoms with van der Waals surface area (Å²) in [7, 11) is -4.25. The maximum atomic E-state index is 10.8. The van der Waals surface area contributed by atoms with Crippen molar-refractivity contribution >= 4 is 21.0 Å². The van der Waals surface area contributed by atoms with Gasteiger partial charge in [0.15, 0.2) is 12.7 Å². The molecule has 112 valence electrons. The lowest BCUT2D eigenvalue weighted by molar-refractivity contribution is -0.747. The van der Waals surface area contributed by atoms with Gasteiger partial charge < -0.3 is 4.55 Å². The average molecular weight is 314 g/mol. The van der Waals surface area contributed by atoms with Crippen LogP contribution in [0.5, 0.6) is 0 Å². The molecule has 5 nitrogen and oxygen atoms in total. The molecule has 0 amide bonds. The summed E-state index contributed by atoms with van der Waals surface area (Å²) in [4.78, 5) is 0. The van der Waals surface area contributed by atoms with E-state index in [1.165, 1.54) is 4.68 Å². The second kappa shape index (κ2) is 5.82. The van der Waals surface area contributed by atoms with Crippen LogP contribution in [-0.2, 0) is 16.7 Å². The molecular weight excluding hydrogens is 300 g/mol. The van der Waals surface area contributed by atoms with Crippen molar-refractivity contribution < 1.29 is 17.7 Å². The first-order chi connectivity index (χ1) is 10.5. The van der Waals surface area contributed by atoms with E-state index >= 15 is 0 Å². The van der Waals surface area contributed by atoms with Gasteiger partial charge in [-0.1, -0.05) is 53.2 Å². The van der Waals surface area contributed by atoms with Crippen LogP contribution in [0.25, 0.3) is 22.0 Å². The van der Waals surface area contributed by atoms with Crippen molar-refractivity contribution in [1.82, 2.24) is 5.10 Å². The summed E-state index contributed by atoms with van der Waals surface area (Å²) < 4.78 is 33.8. The minimum Gasteiger partial charge on any atom is -0.748 e. The van der Waals surface area contributed by atoms with Gasteiger partial charge in [0.25, 0.3) is 0 Å². The van der Waals surface area contributed by atoms with E-state index in [1.54, 1.807) is 6.20 Å². The number of rotatable bonds is 4. The molecule has 0 bridgehead atoms. The van der Waals surface area contributed by atoms with Gasteiger partial charge in [0.2, 0.25) is 0 Å². The highest BCUT2D eigenvalue weighted by Crippen LogP contribution is 2.25. The van der Waals surface area contributed by atoms with Crippen LogP contribution in [0.3, 0.4) is 0 Å². The Morgan fingerprint density at radius 1 is 1.00 bits per heavy atom. The van der Waals surface area contributed by atoms with Gasteiger partial charge in [-0.05, 0) is 5.56 Å². The topological polar surface area (TPSA) is 74.0 Å². The smallest absolute Gasteiger partial charge is 0.196 e. The molecule has 3 rings (SSSR count). The number of hydrogen-bond acceptors (Lipinski definition) is 4. The monoisotopic (exact) mass is 314 g/mol. The number of aromatic nitrogens is 2. The summed E-state index contributed by atoms with van der Waals surface area (Å²) in [5, 5.41) is 5.43. The Balaban J connectivity index is 2.06. The van der Waals surface area contributed by atoms with Gasteiger partial charge >= 0.3 is 0 Å². The summed E-state index contributed by atoms with van der Waals surface area (Å²) in [6.07, 6.45) is 1.68. The van der Waals surface area contributed by atoms with Gasteiger partial charge in [0.1, 0.15) is 15.6 Å². The van der Waals surface area contributed by atoms with E-state index in [1.807, 2.05) is 54.6 Å². The summed E-state index contributed by atoms with van der Waals surface area (Å²) in [6, 6.07) is 17.6. The number of aryl methyl sites for hydroxylation is 1. The van der Waals surface area contributed by atoms with E-state index < -0.39 is 15.9 Å². The molecular formula is C16H14N2O3S. The predicted molar refractivity (Wildman–Crippen MR) is 81.9 cm³/mol. The van der Waals surface area contributed by atoms with Gasteiger partial charge in [0.05, 0.1) is 5.75 Å². The first-order valence-corrected chi connectivity index (χ1v) is 8.39. The van der Waals surface area contributed by atoms with Crippen molar-refractivity contribution in [3.8, 4) is 11.1 Å². The fourth-order valence-corrected chi connectivity index (χ4v) is 2.73. The molecule has 1 heterocycles. The maximum Gasteiger partial charge on any atom is 0.196 e. The third-order valence-electron chi connectivity index (χ3n) is 3.38. The Hall–Kier alpha value is -2.31. The molecule has 0 fully saturated rings. The average Bonchev–Trinajstić information content (AvgIpc) is 2.52. The van der Waals surface area contributed by atoms with Crippen molar-refractivity contribution in [2.45, 2.75) is 6.54 Å². The highest BCUT2D eigenvalue weighted by molar-refractivity contribution is 7.85. The Morgan fingerprint density at radius 3 is 2.50 bits per heavy atom. The minimum absolute atomic E-state index is 0.0465. The summed E-state index contributed by atoms with van der Waals surface area (Å²) in [5.41, 5.74) is 2.78. The van der Waals surface area contributed by atoms with Gasteiger partial charge in [-0.3, -0.25) is 0 Å². The zero-order valence-corrected chi connectivity index (χ0v) is 12.5. The normalized spacial score (nSPS) is 11.7. The van der Waals surface area contributed by atoms with E-state index in [4.69, 9.17) is 0 Å². The second-order valence-corrected chi connectivity index (χ2v) is 6.47. The molecule has 0 aliphatic rings. The van der Waals surface area contributed by atoms with Gasteiger partial charge in [-0.15, -0.1) is 0 Å². The SMILES string of the molecule is O=S(=O)([O-])CC[n+]1ccc2cccc(-c3ccccc3)c2n1. The largest absolute Gasteiger partial charge is 0.748 e. The van der Waals surface area contributed by atoms with E-state index in [9.17, 15) is 13.0 Å². The minimum atomic E-state index is -4.25. The second-order valence-electron chi connectivity index (χ2n) is 4.95. The van der Waals surface area contributed by atoms with Crippen LogP contribution in [0.15, 0.2) is 60.8 Å². The van der Waals surface area contributed by atoms with Crippen LogP contribution in [-0.4, -0.2) is 23.8 Å². The lowest BCUT2D eigenvalue weighted by atomic mass is 10.0. The molecule has 22 heavy (non-hydrogen) atoms. The van der Waals surface area contributed by atoms with Gasteiger partial charge in [-0.25, -0.2) is 8.42 Å². The van der Waals surface area contributed by atoms with Crippen molar-refractivity contribution in [2.75, 3.05) is 5.75 Å². The third-order valence-corrected chi connectivity index (χ3v) is 4.06. The first kappa shape index (κ1) is 14.6. The Labute approximate surface area is 128 Å². The molecule has 0 aliphatic heterocycles. The standard InChI is InChI=1S/C16H14N2O3S/c19-22(20,21)12-11-18-10-9-14-7-4-8-15(16(14)17-18)13-5-2-1-3-6-13/h1-10H,11-12H2. The zero-order valence-electron chi connectivity index (χ0n) is 11.7. The molecule has 0 saturated heterocycles. The molecule has 0 aliphatic carbocycles. The predicted octanol–water partition coefficient (Wildman–Crippen LogP) is 1.73. The molecule has 0 unspecified atom stereocenters. The molecule has 1 aromatic heterocycles. The number of fused-ring (bicyclic) bond motifs is 1. The third kappa shape index (κ3) is 3.29. The molecule has 0 spiro atoms. The van der Waals surface area contributed by atoms with Gasteiger partial charge in [-0.2, -0.15) is 0 Å². The van der Waals surface area contributed by atoms with Crippen LogP contribution >= 0.6 is 0 Å². The van der Waals surface area contributed by atoms with Crippen LogP contribution in [0.2, 0.25) is 0 Å². The Bertz CT molecular complexity index is 909. The molecule has 0 radical (unpaired) electrons. The first-order valence-electron chi connectivity index (χ1n) is 6.81. The van der Waals surface area contributed by atoms with Crippen molar-refractivity contribution in [3.05, 3.63) is 60.8 Å². The van der Waals surface area contributed by atoms with Gasteiger partial charge in [0, 0.05) is 22.1 Å². The lowest BCUT2D eigenvalue weighted by Crippen LogP contribution is -2.40. The van der Waals surface area contributed by atoms with Crippen LogP contribution in [0, 0.1) is 0 Å². The van der Waals surface area contributed by atoms with E-state index in [2.05, 4.69) is 5.10 Å². The lowest BCUT2D eigenvalue weighted by Gasteiger charge is -2.06. The fourth-order valence-electron chi connectivity index (χ4n) is 2.32. The van der Waals surface area contributed by atoms with Crippen LogP contribution < -0.4 is 4.68 Å². The highest BCUT2D eigenvalue weighted by atomic mass is 32.2. The summed E-state index contributed by atoms with van der Waals surface area (Å²) in [6.45, 7) is 0.0465. The number of nitrogens with zero attached hydrogens (tertiary/aromatic N) is 2. The molecule has 2 aromatic carbocycles. The van der Waals surface area contributed by atoms with E-state index in [-0.39, 0.29) is 6.54 Å². The molecule has 0 N–H and O–H groups in total. The van der Waals surface area contributed by atoms with Crippen molar-refractivity contribution in [1.29, 1.82) is 0 Å². The number of hydrogen-bond donors (Lipinski definition) is 0. The molecule has 6 heteroatoms. The molecule has 0 saturated carbocycles. The summed E-state index contributed by atoms with van der Waals surface area (Å²) >= 11 is 0. The zero-order chi connectivity index (χ0) is 15.6. The fraction of sp³-hybridized carbons (Fsp3) is 0.125. The Kier molecular flexibility index (Phi) is 3.87. The molecule has 3 aromatic rings. The highest BCUT2D eigenvalue weighted by Gasteiger charge is 2.11. The van der Waals surface area contributed by atoms with Crippen molar-refractivity contribution in [2.24, 2.45) is 0 Å². The van der Waals surface area contributed by atoms with E-state index in [0.29, 0.717) is 0 Å². The van der Waals surface area contributed by atoms with Crippen LogP contribution in [0.1, 0.15) is 0 Å². The summed E-state index contributed by atoms with van der Waals surface area (Å²) in [5.74, 6) is -0.469. The molecule has 0 atom stereocenters. The Morgan fingerprint density at radius 2 is 1.77 bits per heavy atom. The van der Waals surface area contributed by atoms with Crippen LogP contribution in [0.4, 0.5) is 0 Å². The van der Waals surface area contributed by atoms with Crippen molar-refractivity contribution in [3.63, 3.8) is 0 Å². The number of benzene rings is 2. The maximum absolute atomic E-state index is 10.8. The van der Waals surface area contributed by atoms with E-state index in [0.717, 1.165) is 22.0 Å².